The van der Waals surface area contributed by atoms with Gasteiger partial charge in [-0.3, -0.25) is 4.98 Å². The van der Waals surface area contributed by atoms with Crippen molar-refractivity contribution < 1.29 is 4.74 Å². The molecule has 15 heavy (non-hydrogen) atoms. The van der Waals surface area contributed by atoms with E-state index in [1.165, 1.54) is 0 Å². The van der Waals surface area contributed by atoms with E-state index in [1.54, 1.807) is 0 Å². The Balaban J connectivity index is 2.25. The third kappa shape index (κ3) is 1.29. The summed E-state index contributed by atoms with van der Waals surface area (Å²) in [7, 11) is 0. The molecule has 76 valence electrons. The molecule has 4 heteroatoms. The fourth-order valence-corrected chi connectivity index (χ4v) is 1.81. The van der Waals surface area contributed by atoms with Crippen molar-refractivity contribution in [1.82, 2.24) is 14.5 Å². The summed E-state index contributed by atoms with van der Waals surface area (Å²) in [5, 5.41) is 0. The Morgan fingerprint density at radius 3 is 3.27 bits per heavy atom. The molecule has 0 fully saturated rings. The fourth-order valence-electron chi connectivity index (χ4n) is 1.81. The topological polar surface area (TPSA) is 39.9 Å². The van der Waals surface area contributed by atoms with Gasteiger partial charge in [-0.15, -0.1) is 0 Å². The van der Waals surface area contributed by atoms with Crippen LogP contribution in [0.5, 0.6) is 5.75 Å². The number of fused-ring (bicyclic) bond motifs is 3. The average molecular weight is 201 g/mol. The van der Waals surface area contributed by atoms with Gasteiger partial charge in [-0.05, 0) is 6.92 Å². The van der Waals surface area contributed by atoms with Gasteiger partial charge in [0.25, 0.3) is 0 Å². The lowest BCUT2D eigenvalue weighted by Crippen LogP contribution is -2.04. The molecule has 0 atom stereocenters. The molecule has 3 heterocycles. The third-order valence-corrected chi connectivity index (χ3v) is 2.55. The largest absolute Gasteiger partial charge is 0.491 e. The van der Waals surface area contributed by atoms with Crippen molar-refractivity contribution in [2.24, 2.45) is 0 Å². The molecule has 0 spiro atoms. The number of ether oxygens (including phenoxy) is 1. The van der Waals surface area contributed by atoms with Crippen LogP contribution in [-0.2, 0) is 6.54 Å². The Hall–Kier alpha value is -1.84. The van der Waals surface area contributed by atoms with Crippen molar-refractivity contribution in [3.8, 4) is 17.1 Å². The molecule has 0 unspecified atom stereocenters. The van der Waals surface area contributed by atoms with Gasteiger partial charge in [-0.2, -0.15) is 0 Å². The second-order valence-corrected chi connectivity index (χ2v) is 3.61. The van der Waals surface area contributed by atoms with Crippen LogP contribution in [0.2, 0.25) is 0 Å². The van der Waals surface area contributed by atoms with Gasteiger partial charge in [-0.1, -0.05) is 0 Å². The third-order valence-electron chi connectivity index (χ3n) is 2.55. The number of aryl methyl sites for hydroxylation is 1. The van der Waals surface area contributed by atoms with E-state index in [0.29, 0.717) is 6.61 Å². The molecule has 1 aliphatic rings. The van der Waals surface area contributed by atoms with Crippen LogP contribution in [0, 0.1) is 6.92 Å². The first-order chi connectivity index (χ1) is 7.34. The second kappa shape index (κ2) is 3.08. The normalized spacial score (nSPS) is 13.7. The predicted octanol–water partition coefficient (Wildman–Crippen LogP) is 1.65. The molecule has 1 aliphatic heterocycles. The highest BCUT2D eigenvalue weighted by atomic mass is 16.5. The molecule has 3 rings (SSSR count). The lowest BCUT2D eigenvalue weighted by molar-refractivity contribution is 0.306. The summed E-state index contributed by atoms with van der Waals surface area (Å²) in [6.07, 6.45) is 5.60. The second-order valence-electron chi connectivity index (χ2n) is 3.61. The SMILES string of the molecule is Cc1cc2c(cn1)-c1nccn1CCO2. The number of nitrogens with zero attached hydrogens (tertiary/aromatic N) is 3. The molecule has 4 nitrogen and oxygen atoms in total. The summed E-state index contributed by atoms with van der Waals surface area (Å²) in [5.41, 5.74) is 1.94. The molecule has 0 aliphatic carbocycles. The monoisotopic (exact) mass is 201 g/mol. The lowest BCUT2D eigenvalue weighted by Gasteiger charge is -2.05. The van der Waals surface area contributed by atoms with E-state index in [9.17, 15) is 0 Å². The van der Waals surface area contributed by atoms with Gasteiger partial charge in [-0.25, -0.2) is 4.98 Å². The highest BCUT2D eigenvalue weighted by Crippen LogP contribution is 2.30. The minimum Gasteiger partial charge on any atom is -0.491 e. The fraction of sp³-hybridized carbons (Fsp3) is 0.273. The van der Waals surface area contributed by atoms with Crippen LogP contribution in [0.4, 0.5) is 0 Å². The first-order valence-electron chi connectivity index (χ1n) is 4.95. The van der Waals surface area contributed by atoms with Gasteiger partial charge in [0.05, 0.1) is 12.1 Å². The Morgan fingerprint density at radius 1 is 1.40 bits per heavy atom. The van der Waals surface area contributed by atoms with Gasteiger partial charge >= 0.3 is 0 Å². The van der Waals surface area contributed by atoms with Gasteiger partial charge in [0.15, 0.2) is 0 Å². The van der Waals surface area contributed by atoms with E-state index < -0.39 is 0 Å². The standard InChI is InChI=1S/C11H11N3O/c1-8-6-10-9(7-13-8)11-12-2-3-14(11)4-5-15-10/h2-3,6-7H,4-5H2,1H3. The van der Waals surface area contributed by atoms with Crippen LogP contribution in [0.15, 0.2) is 24.7 Å². The van der Waals surface area contributed by atoms with Crippen LogP contribution in [-0.4, -0.2) is 21.1 Å². The van der Waals surface area contributed by atoms with Crippen molar-refractivity contribution in [3.63, 3.8) is 0 Å². The number of pyridine rings is 1. The van der Waals surface area contributed by atoms with Crippen molar-refractivity contribution in [3.05, 3.63) is 30.4 Å². The Morgan fingerprint density at radius 2 is 2.33 bits per heavy atom. The average Bonchev–Trinajstić information content (AvgIpc) is 2.61. The Bertz CT molecular complexity index is 504. The number of aromatic nitrogens is 3. The van der Waals surface area contributed by atoms with Crippen molar-refractivity contribution >= 4 is 0 Å². The van der Waals surface area contributed by atoms with Crippen molar-refractivity contribution in [1.29, 1.82) is 0 Å². The molecule has 0 radical (unpaired) electrons. The molecule has 0 saturated carbocycles. The zero-order chi connectivity index (χ0) is 10.3. The molecule has 0 amide bonds. The maximum atomic E-state index is 5.67. The summed E-state index contributed by atoms with van der Waals surface area (Å²) in [5.74, 6) is 1.82. The van der Waals surface area contributed by atoms with Crippen molar-refractivity contribution in [2.75, 3.05) is 6.61 Å². The summed E-state index contributed by atoms with van der Waals surface area (Å²) in [4.78, 5) is 8.61. The highest BCUT2D eigenvalue weighted by molar-refractivity contribution is 5.64. The lowest BCUT2D eigenvalue weighted by atomic mass is 10.2. The molecule has 0 N–H and O–H groups in total. The van der Waals surface area contributed by atoms with Crippen LogP contribution < -0.4 is 4.74 Å². The van der Waals surface area contributed by atoms with E-state index in [1.807, 2.05) is 31.6 Å². The highest BCUT2D eigenvalue weighted by Gasteiger charge is 2.16. The first-order valence-corrected chi connectivity index (χ1v) is 4.95. The summed E-state index contributed by atoms with van der Waals surface area (Å²) in [6, 6.07) is 1.96. The van der Waals surface area contributed by atoms with Crippen LogP contribution in [0.25, 0.3) is 11.4 Å². The Labute approximate surface area is 87.5 Å². The molecular formula is C11H11N3O. The van der Waals surface area contributed by atoms with Crippen LogP contribution in [0.3, 0.4) is 0 Å². The molecular weight excluding hydrogens is 190 g/mol. The Kier molecular flexibility index (Phi) is 1.74. The van der Waals surface area contributed by atoms with E-state index in [4.69, 9.17) is 4.74 Å². The summed E-state index contributed by atoms with van der Waals surface area (Å²) >= 11 is 0. The number of hydrogen-bond acceptors (Lipinski definition) is 3. The molecule has 0 saturated heterocycles. The maximum absolute atomic E-state index is 5.67. The van der Waals surface area contributed by atoms with E-state index in [2.05, 4.69) is 14.5 Å². The first kappa shape index (κ1) is 8.47. The van der Waals surface area contributed by atoms with E-state index in [0.717, 1.165) is 29.4 Å². The zero-order valence-corrected chi connectivity index (χ0v) is 8.47. The van der Waals surface area contributed by atoms with Crippen molar-refractivity contribution in [2.45, 2.75) is 13.5 Å². The van der Waals surface area contributed by atoms with Gasteiger partial charge in [0.1, 0.15) is 18.2 Å². The predicted molar refractivity (Wildman–Crippen MR) is 55.7 cm³/mol. The van der Waals surface area contributed by atoms with Gasteiger partial charge in [0.2, 0.25) is 0 Å². The number of hydrogen-bond donors (Lipinski definition) is 0. The minimum absolute atomic E-state index is 0.680. The molecule has 2 aromatic heterocycles. The summed E-state index contributed by atoms with van der Waals surface area (Å²) < 4.78 is 7.76. The number of imidazole rings is 1. The molecule has 2 aromatic rings. The quantitative estimate of drug-likeness (QED) is 0.650. The van der Waals surface area contributed by atoms with Gasteiger partial charge < -0.3 is 9.30 Å². The van der Waals surface area contributed by atoms with E-state index >= 15 is 0 Å². The summed E-state index contributed by atoms with van der Waals surface area (Å²) in [6.45, 7) is 3.48. The minimum atomic E-state index is 0.680. The van der Waals surface area contributed by atoms with Crippen LogP contribution >= 0.6 is 0 Å². The maximum Gasteiger partial charge on any atom is 0.145 e. The van der Waals surface area contributed by atoms with Gasteiger partial charge in [0, 0.05) is 30.4 Å². The zero-order valence-electron chi connectivity index (χ0n) is 8.47. The number of rotatable bonds is 0. The smallest absolute Gasteiger partial charge is 0.145 e. The molecule has 0 aromatic carbocycles. The van der Waals surface area contributed by atoms with E-state index in [-0.39, 0.29) is 0 Å². The van der Waals surface area contributed by atoms with Crippen LogP contribution in [0.1, 0.15) is 5.69 Å². The molecule has 0 bridgehead atoms.